The number of amides is 1. The quantitative estimate of drug-likeness (QED) is 0.905. The van der Waals surface area contributed by atoms with Crippen LogP contribution in [0.5, 0.6) is 0 Å². The van der Waals surface area contributed by atoms with Gasteiger partial charge in [-0.15, -0.1) is 0 Å². The van der Waals surface area contributed by atoms with Crippen LogP contribution in [0.4, 0.5) is 30.8 Å². The maximum Gasteiger partial charge on any atom is 0.411 e. The van der Waals surface area contributed by atoms with Gasteiger partial charge in [-0.2, -0.15) is 0 Å². The molecule has 0 aliphatic rings. The SMILES string of the molecule is COC(=O)Nc1ccc(Nc2ccc(F)c(F)c2)nc1. The predicted molar refractivity (Wildman–Crippen MR) is 69.9 cm³/mol. The Labute approximate surface area is 113 Å². The van der Waals surface area contributed by atoms with Gasteiger partial charge in [-0.3, -0.25) is 5.32 Å². The number of hydrogen-bond acceptors (Lipinski definition) is 4. The minimum absolute atomic E-state index is 0.366. The number of nitrogens with zero attached hydrogens (tertiary/aromatic N) is 1. The lowest BCUT2D eigenvalue weighted by Gasteiger charge is -2.07. The lowest BCUT2D eigenvalue weighted by molar-refractivity contribution is 0.187. The van der Waals surface area contributed by atoms with Crippen LogP contribution in [0, 0.1) is 11.6 Å². The highest BCUT2D eigenvalue weighted by Gasteiger charge is 2.04. The normalized spacial score (nSPS) is 9.95. The van der Waals surface area contributed by atoms with Gasteiger partial charge in [0.2, 0.25) is 0 Å². The third kappa shape index (κ3) is 3.41. The smallest absolute Gasteiger partial charge is 0.411 e. The maximum absolute atomic E-state index is 13.0. The average molecular weight is 279 g/mol. The van der Waals surface area contributed by atoms with E-state index in [-0.39, 0.29) is 0 Å². The van der Waals surface area contributed by atoms with Crippen molar-refractivity contribution < 1.29 is 18.3 Å². The summed E-state index contributed by atoms with van der Waals surface area (Å²) in [5, 5.41) is 5.24. The standard InChI is InChI=1S/C13H11F2N3O2/c1-20-13(19)18-9-3-5-12(16-7-9)17-8-2-4-10(14)11(15)6-8/h2-7H,1H3,(H,16,17)(H,18,19). The number of benzene rings is 1. The molecule has 7 heteroatoms. The Morgan fingerprint density at radius 1 is 1.15 bits per heavy atom. The van der Waals surface area contributed by atoms with Crippen molar-refractivity contribution in [2.75, 3.05) is 17.7 Å². The lowest BCUT2D eigenvalue weighted by atomic mass is 10.3. The molecule has 2 rings (SSSR count). The number of halogens is 2. The number of ether oxygens (including phenoxy) is 1. The Morgan fingerprint density at radius 3 is 2.50 bits per heavy atom. The molecular formula is C13H11F2N3O2. The summed E-state index contributed by atoms with van der Waals surface area (Å²) in [6, 6.07) is 6.60. The zero-order valence-electron chi connectivity index (χ0n) is 10.5. The fourth-order valence-electron chi connectivity index (χ4n) is 1.43. The summed E-state index contributed by atoms with van der Waals surface area (Å²) in [5.41, 5.74) is 0.817. The minimum Gasteiger partial charge on any atom is -0.453 e. The number of aromatic nitrogens is 1. The molecule has 104 valence electrons. The van der Waals surface area contributed by atoms with E-state index in [4.69, 9.17) is 0 Å². The first-order chi connectivity index (χ1) is 9.58. The largest absolute Gasteiger partial charge is 0.453 e. The monoisotopic (exact) mass is 279 g/mol. The molecule has 0 aliphatic heterocycles. The number of pyridine rings is 1. The van der Waals surface area contributed by atoms with Crippen LogP contribution in [0.2, 0.25) is 0 Å². The van der Waals surface area contributed by atoms with Crippen molar-refractivity contribution >= 4 is 23.3 Å². The van der Waals surface area contributed by atoms with Crippen LogP contribution in [0.25, 0.3) is 0 Å². The van der Waals surface area contributed by atoms with E-state index in [9.17, 15) is 13.6 Å². The first-order valence-electron chi connectivity index (χ1n) is 5.61. The summed E-state index contributed by atoms with van der Waals surface area (Å²) in [6.45, 7) is 0. The topological polar surface area (TPSA) is 63.2 Å². The number of carbonyl (C=O) groups is 1. The Morgan fingerprint density at radius 2 is 1.90 bits per heavy atom. The lowest BCUT2D eigenvalue weighted by Crippen LogP contribution is -2.11. The highest BCUT2D eigenvalue weighted by Crippen LogP contribution is 2.18. The first-order valence-corrected chi connectivity index (χ1v) is 5.61. The molecule has 2 aromatic rings. The van der Waals surface area contributed by atoms with Gasteiger partial charge >= 0.3 is 6.09 Å². The van der Waals surface area contributed by atoms with Gasteiger partial charge in [0.25, 0.3) is 0 Å². The van der Waals surface area contributed by atoms with E-state index in [1.807, 2.05) is 0 Å². The molecule has 1 aromatic carbocycles. The van der Waals surface area contributed by atoms with E-state index < -0.39 is 17.7 Å². The van der Waals surface area contributed by atoms with Gasteiger partial charge in [-0.05, 0) is 24.3 Å². The maximum atomic E-state index is 13.0. The zero-order valence-corrected chi connectivity index (χ0v) is 10.5. The molecule has 0 aliphatic carbocycles. The Kier molecular flexibility index (Phi) is 4.09. The highest BCUT2D eigenvalue weighted by atomic mass is 19.2. The molecule has 5 nitrogen and oxygen atoms in total. The van der Waals surface area contributed by atoms with Crippen molar-refractivity contribution in [3.8, 4) is 0 Å². The second-order valence-electron chi connectivity index (χ2n) is 3.80. The molecule has 0 saturated carbocycles. The van der Waals surface area contributed by atoms with Crippen LogP contribution >= 0.6 is 0 Å². The van der Waals surface area contributed by atoms with E-state index in [0.717, 1.165) is 12.1 Å². The van der Waals surface area contributed by atoms with E-state index in [2.05, 4.69) is 20.4 Å². The Bertz CT molecular complexity index is 618. The van der Waals surface area contributed by atoms with E-state index in [0.29, 0.717) is 17.2 Å². The number of carbonyl (C=O) groups excluding carboxylic acids is 1. The average Bonchev–Trinajstić information content (AvgIpc) is 2.45. The van der Waals surface area contributed by atoms with Crippen LogP contribution in [0.3, 0.4) is 0 Å². The van der Waals surface area contributed by atoms with Crippen LogP contribution in [-0.2, 0) is 4.74 Å². The third-order valence-corrected chi connectivity index (χ3v) is 2.39. The first kappa shape index (κ1) is 13.7. The Hall–Kier alpha value is -2.70. The second-order valence-corrected chi connectivity index (χ2v) is 3.80. The zero-order chi connectivity index (χ0) is 14.5. The van der Waals surface area contributed by atoms with Crippen LogP contribution in [0.1, 0.15) is 0 Å². The van der Waals surface area contributed by atoms with Gasteiger partial charge in [0.05, 0.1) is 19.0 Å². The van der Waals surface area contributed by atoms with Crippen molar-refractivity contribution in [2.45, 2.75) is 0 Å². The molecule has 0 fully saturated rings. The van der Waals surface area contributed by atoms with Crippen molar-refractivity contribution in [1.82, 2.24) is 4.98 Å². The van der Waals surface area contributed by atoms with Crippen LogP contribution in [-0.4, -0.2) is 18.2 Å². The fraction of sp³-hybridized carbons (Fsp3) is 0.0769. The number of hydrogen-bond donors (Lipinski definition) is 2. The van der Waals surface area contributed by atoms with Gasteiger partial charge in [0.15, 0.2) is 11.6 Å². The molecule has 0 radical (unpaired) electrons. The van der Waals surface area contributed by atoms with E-state index >= 15 is 0 Å². The molecule has 20 heavy (non-hydrogen) atoms. The van der Waals surface area contributed by atoms with Crippen molar-refractivity contribution in [2.24, 2.45) is 0 Å². The summed E-state index contributed by atoms with van der Waals surface area (Å²) >= 11 is 0. The van der Waals surface area contributed by atoms with E-state index in [1.54, 1.807) is 12.1 Å². The molecule has 0 unspecified atom stereocenters. The van der Waals surface area contributed by atoms with E-state index in [1.165, 1.54) is 19.4 Å². The van der Waals surface area contributed by atoms with Crippen molar-refractivity contribution in [3.05, 3.63) is 48.2 Å². The summed E-state index contributed by atoms with van der Waals surface area (Å²) in [6.07, 6.45) is 0.798. The molecule has 0 atom stereocenters. The highest BCUT2D eigenvalue weighted by molar-refractivity contribution is 5.84. The molecular weight excluding hydrogens is 268 g/mol. The number of rotatable bonds is 3. The minimum atomic E-state index is -0.945. The van der Waals surface area contributed by atoms with Gasteiger partial charge in [-0.25, -0.2) is 18.6 Å². The summed E-state index contributed by atoms with van der Waals surface area (Å²) < 4.78 is 30.2. The number of nitrogens with one attached hydrogen (secondary N) is 2. The van der Waals surface area contributed by atoms with Crippen molar-refractivity contribution in [1.29, 1.82) is 0 Å². The number of methoxy groups -OCH3 is 1. The number of anilines is 3. The Balaban J connectivity index is 2.06. The van der Waals surface area contributed by atoms with Crippen LogP contribution < -0.4 is 10.6 Å². The predicted octanol–water partition coefficient (Wildman–Crippen LogP) is 3.28. The summed E-state index contributed by atoms with van der Waals surface area (Å²) in [5.74, 6) is -1.44. The van der Waals surface area contributed by atoms with Crippen LogP contribution in [0.15, 0.2) is 36.5 Å². The summed E-state index contributed by atoms with van der Waals surface area (Å²) in [4.78, 5) is 15.0. The molecule has 0 bridgehead atoms. The van der Waals surface area contributed by atoms with Gasteiger partial charge in [0, 0.05) is 11.8 Å². The molecule has 2 N–H and O–H groups in total. The molecule has 0 spiro atoms. The summed E-state index contributed by atoms with van der Waals surface area (Å²) in [7, 11) is 1.25. The van der Waals surface area contributed by atoms with Gasteiger partial charge in [-0.1, -0.05) is 0 Å². The molecule has 1 amide bonds. The fourth-order valence-corrected chi connectivity index (χ4v) is 1.43. The molecule has 0 saturated heterocycles. The van der Waals surface area contributed by atoms with Gasteiger partial charge < -0.3 is 10.1 Å². The van der Waals surface area contributed by atoms with Crippen molar-refractivity contribution in [3.63, 3.8) is 0 Å². The van der Waals surface area contributed by atoms with Gasteiger partial charge in [0.1, 0.15) is 5.82 Å². The second kappa shape index (κ2) is 5.96. The molecule has 1 aromatic heterocycles. The third-order valence-electron chi connectivity index (χ3n) is 2.39. The molecule has 1 heterocycles.